The molecular formula is C22H37N5O4. The fourth-order valence-electron chi connectivity index (χ4n) is 3.31. The number of hydrogen-bond acceptors (Lipinski definition) is 7. The largest absolute Gasteiger partial charge is 0.480 e. The highest BCUT2D eigenvalue weighted by atomic mass is 16.5. The van der Waals surface area contributed by atoms with Crippen molar-refractivity contribution in [1.29, 1.82) is 0 Å². The molecule has 1 amide bonds. The molecule has 0 unspecified atom stereocenters. The maximum atomic E-state index is 12.5. The number of hydrogen-bond donors (Lipinski definition) is 5. The molecule has 0 bridgehead atoms. The predicted molar refractivity (Wildman–Crippen MR) is 120 cm³/mol. The maximum Gasteiger partial charge on any atom is 0.328 e. The molecule has 0 aromatic heterocycles. The molecule has 1 saturated heterocycles. The van der Waals surface area contributed by atoms with Crippen LogP contribution in [-0.2, 0) is 20.9 Å². The molecular weight excluding hydrogens is 398 g/mol. The van der Waals surface area contributed by atoms with Crippen LogP contribution in [0, 0.1) is 0 Å². The van der Waals surface area contributed by atoms with Crippen molar-refractivity contribution in [2.24, 2.45) is 0 Å². The highest BCUT2D eigenvalue weighted by molar-refractivity contribution is 5.84. The van der Waals surface area contributed by atoms with Crippen molar-refractivity contribution in [2.75, 3.05) is 65.5 Å². The Hall–Kier alpha value is -2.04. The van der Waals surface area contributed by atoms with E-state index in [9.17, 15) is 14.7 Å². The first-order chi connectivity index (χ1) is 15.1. The third kappa shape index (κ3) is 11.8. The summed E-state index contributed by atoms with van der Waals surface area (Å²) >= 11 is 0. The Morgan fingerprint density at radius 2 is 1.65 bits per heavy atom. The fourth-order valence-corrected chi connectivity index (χ4v) is 3.31. The monoisotopic (exact) mass is 435 g/mol. The van der Waals surface area contributed by atoms with Gasteiger partial charge in [-0.25, -0.2) is 4.79 Å². The normalized spacial score (nSPS) is 18.6. The van der Waals surface area contributed by atoms with Crippen molar-refractivity contribution >= 4 is 11.9 Å². The number of ether oxygens (including phenoxy) is 1. The van der Waals surface area contributed by atoms with Crippen LogP contribution in [-0.4, -0.2) is 93.4 Å². The number of amides is 1. The van der Waals surface area contributed by atoms with E-state index in [1.807, 2.05) is 30.3 Å². The molecule has 1 aliphatic heterocycles. The van der Waals surface area contributed by atoms with E-state index >= 15 is 0 Å². The Labute approximate surface area is 184 Å². The first kappa shape index (κ1) is 25.2. The number of carboxylic acid groups (broad SMARTS) is 1. The number of aliphatic carboxylic acids is 1. The number of carbonyl (C=O) groups excluding carboxylic acids is 1. The van der Waals surface area contributed by atoms with E-state index in [2.05, 4.69) is 26.2 Å². The average molecular weight is 436 g/mol. The highest BCUT2D eigenvalue weighted by Gasteiger charge is 2.21. The van der Waals surface area contributed by atoms with Gasteiger partial charge in [0.15, 0.2) is 6.04 Å². The number of rotatable bonds is 8. The minimum absolute atomic E-state index is 0.0739. The van der Waals surface area contributed by atoms with Gasteiger partial charge in [-0.3, -0.25) is 9.69 Å². The number of carboxylic acids is 1. The first-order valence-electron chi connectivity index (χ1n) is 11.1. The lowest BCUT2D eigenvalue weighted by atomic mass is 10.2. The average Bonchev–Trinajstić information content (AvgIpc) is 2.76. The van der Waals surface area contributed by atoms with Gasteiger partial charge in [-0.05, 0) is 44.6 Å². The van der Waals surface area contributed by atoms with Crippen molar-refractivity contribution in [3.63, 3.8) is 0 Å². The van der Waals surface area contributed by atoms with E-state index in [4.69, 9.17) is 4.74 Å². The molecule has 1 atom stereocenters. The van der Waals surface area contributed by atoms with E-state index in [1.54, 1.807) is 0 Å². The van der Waals surface area contributed by atoms with Gasteiger partial charge in [0.05, 0.1) is 19.8 Å². The summed E-state index contributed by atoms with van der Waals surface area (Å²) in [6.45, 7) is 7.40. The number of carbonyl (C=O) groups is 2. The molecule has 1 aromatic carbocycles. The number of nitrogens with zero attached hydrogens (tertiary/aromatic N) is 1. The minimum atomic E-state index is -1.10. The Kier molecular flexibility index (Phi) is 12.8. The Morgan fingerprint density at radius 3 is 2.35 bits per heavy atom. The molecule has 1 aromatic rings. The predicted octanol–water partition coefficient (Wildman–Crippen LogP) is -0.363. The van der Waals surface area contributed by atoms with Gasteiger partial charge in [0.25, 0.3) is 0 Å². The second-order valence-corrected chi connectivity index (χ2v) is 7.69. The first-order valence-corrected chi connectivity index (χ1v) is 11.1. The van der Waals surface area contributed by atoms with E-state index in [0.717, 1.165) is 70.8 Å². The summed E-state index contributed by atoms with van der Waals surface area (Å²) in [6.07, 6.45) is 1.99. The van der Waals surface area contributed by atoms with Crippen molar-refractivity contribution in [3.05, 3.63) is 35.9 Å². The second kappa shape index (κ2) is 15.7. The Bertz CT molecular complexity index is 618. The van der Waals surface area contributed by atoms with E-state index in [-0.39, 0.29) is 19.1 Å². The number of benzene rings is 1. The maximum absolute atomic E-state index is 12.5. The van der Waals surface area contributed by atoms with Crippen molar-refractivity contribution in [3.8, 4) is 0 Å². The molecule has 2 rings (SSSR count). The summed E-state index contributed by atoms with van der Waals surface area (Å²) in [4.78, 5) is 26.1. The zero-order chi connectivity index (χ0) is 22.2. The molecule has 9 heteroatoms. The lowest BCUT2D eigenvalue weighted by Gasteiger charge is -2.23. The van der Waals surface area contributed by atoms with Gasteiger partial charge in [0, 0.05) is 26.2 Å². The van der Waals surface area contributed by atoms with Crippen molar-refractivity contribution in [1.82, 2.24) is 26.2 Å². The summed E-state index contributed by atoms with van der Waals surface area (Å²) in [6, 6.07) is 8.47. The van der Waals surface area contributed by atoms with Gasteiger partial charge >= 0.3 is 5.97 Å². The zero-order valence-electron chi connectivity index (χ0n) is 18.3. The molecule has 0 saturated carbocycles. The molecule has 0 radical (unpaired) electrons. The van der Waals surface area contributed by atoms with Crippen LogP contribution in [0.3, 0.4) is 0 Å². The lowest BCUT2D eigenvalue weighted by Crippen LogP contribution is -2.49. The quantitative estimate of drug-likeness (QED) is 0.376. The standard InChI is InChI=1S/C22H37N5O4/c28-21(26-20(22(29)30)18-31-17-19-6-2-1-3-7-19)16-27-14-5-10-24-12-11-23-8-4-9-25-13-15-27/h1-3,6-7,20,23-25H,4-5,8-18H2,(H,26,28)(H,29,30)/t20-/m0/s1. The molecule has 9 nitrogen and oxygen atoms in total. The second-order valence-electron chi connectivity index (χ2n) is 7.69. The minimum Gasteiger partial charge on any atom is -0.480 e. The SMILES string of the molecule is O=C(CN1CCCNCCNCCCNCC1)N[C@@H](COCc1ccccc1)C(=O)O. The van der Waals surface area contributed by atoms with Gasteiger partial charge in [0.1, 0.15) is 0 Å². The van der Waals surface area contributed by atoms with Gasteiger partial charge in [0.2, 0.25) is 5.91 Å². The Balaban J connectivity index is 1.77. The van der Waals surface area contributed by atoms with Crippen LogP contribution < -0.4 is 21.3 Å². The van der Waals surface area contributed by atoms with Crippen LogP contribution in [0.5, 0.6) is 0 Å². The van der Waals surface area contributed by atoms with Crippen LogP contribution in [0.1, 0.15) is 18.4 Å². The van der Waals surface area contributed by atoms with Gasteiger partial charge in [-0.2, -0.15) is 0 Å². The third-order valence-electron chi connectivity index (χ3n) is 5.01. The van der Waals surface area contributed by atoms with Gasteiger partial charge in [-0.15, -0.1) is 0 Å². The fraction of sp³-hybridized carbons (Fsp3) is 0.636. The lowest BCUT2D eigenvalue weighted by molar-refractivity contribution is -0.144. The van der Waals surface area contributed by atoms with Crippen LogP contribution in [0.25, 0.3) is 0 Å². The summed E-state index contributed by atoms with van der Waals surface area (Å²) in [7, 11) is 0. The van der Waals surface area contributed by atoms with Crippen molar-refractivity contribution < 1.29 is 19.4 Å². The summed E-state index contributed by atoms with van der Waals surface area (Å²) in [5.41, 5.74) is 0.959. The van der Waals surface area contributed by atoms with Crippen LogP contribution >= 0.6 is 0 Å². The van der Waals surface area contributed by atoms with Gasteiger partial charge in [-0.1, -0.05) is 30.3 Å². The molecule has 1 heterocycles. The summed E-state index contributed by atoms with van der Waals surface area (Å²) in [5.74, 6) is -1.39. The third-order valence-corrected chi connectivity index (χ3v) is 5.01. The zero-order valence-corrected chi connectivity index (χ0v) is 18.3. The molecule has 1 aliphatic rings. The molecule has 5 N–H and O–H groups in total. The van der Waals surface area contributed by atoms with Gasteiger partial charge < -0.3 is 31.1 Å². The van der Waals surface area contributed by atoms with E-state index in [0.29, 0.717) is 6.61 Å². The summed E-state index contributed by atoms with van der Waals surface area (Å²) in [5, 5.41) is 22.3. The molecule has 174 valence electrons. The van der Waals surface area contributed by atoms with Crippen molar-refractivity contribution in [2.45, 2.75) is 25.5 Å². The summed E-state index contributed by atoms with van der Waals surface area (Å²) < 4.78 is 5.52. The van der Waals surface area contributed by atoms with E-state index < -0.39 is 12.0 Å². The highest BCUT2D eigenvalue weighted by Crippen LogP contribution is 2.01. The molecule has 31 heavy (non-hydrogen) atoms. The number of nitrogens with one attached hydrogen (secondary N) is 4. The van der Waals surface area contributed by atoms with Crippen LogP contribution in [0.15, 0.2) is 30.3 Å². The Morgan fingerprint density at radius 1 is 0.968 bits per heavy atom. The molecule has 0 aliphatic carbocycles. The van der Waals surface area contributed by atoms with Crippen LogP contribution in [0.4, 0.5) is 0 Å². The molecule has 0 spiro atoms. The van der Waals surface area contributed by atoms with Crippen LogP contribution in [0.2, 0.25) is 0 Å². The smallest absolute Gasteiger partial charge is 0.328 e. The molecule has 1 fully saturated rings. The van der Waals surface area contributed by atoms with E-state index in [1.165, 1.54) is 0 Å². The topological polar surface area (TPSA) is 115 Å².